The van der Waals surface area contributed by atoms with Crippen LogP contribution in [0.15, 0.2) is 30.3 Å². The molecule has 0 amide bonds. The first kappa shape index (κ1) is 11.2. The predicted octanol–water partition coefficient (Wildman–Crippen LogP) is 2.53. The van der Waals surface area contributed by atoms with Crippen molar-refractivity contribution in [3.63, 3.8) is 0 Å². The molecular formula is C15H22N2. The fraction of sp³-hybridized carbons (Fsp3) is 0.600. The van der Waals surface area contributed by atoms with Crippen molar-refractivity contribution in [2.75, 3.05) is 6.54 Å². The van der Waals surface area contributed by atoms with Crippen molar-refractivity contribution >= 4 is 0 Å². The Kier molecular flexibility index (Phi) is 2.93. The highest BCUT2D eigenvalue weighted by Gasteiger charge is 2.48. The second-order valence-electron chi connectivity index (χ2n) is 5.61. The van der Waals surface area contributed by atoms with Crippen molar-refractivity contribution in [2.45, 2.75) is 50.2 Å². The fourth-order valence-electron chi connectivity index (χ4n) is 3.74. The van der Waals surface area contributed by atoms with E-state index in [1.54, 1.807) is 0 Å². The minimum absolute atomic E-state index is 0.329. The Labute approximate surface area is 104 Å². The summed E-state index contributed by atoms with van der Waals surface area (Å²) >= 11 is 0. The van der Waals surface area contributed by atoms with Crippen LogP contribution in [0, 0.1) is 0 Å². The Morgan fingerprint density at radius 1 is 1.18 bits per heavy atom. The molecule has 1 unspecified atom stereocenters. The van der Waals surface area contributed by atoms with E-state index in [2.05, 4.69) is 35.2 Å². The molecule has 17 heavy (non-hydrogen) atoms. The Morgan fingerprint density at radius 2 is 1.88 bits per heavy atom. The molecule has 1 aliphatic carbocycles. The third kappa shape index (κ3) is 1.90. The summed E-state index contributed by atoms with van der Waals surface area (Å²) in [5.74, 6) is 0. The van der Waals surface area contributed by atoms with Crippen molar-refractivity contribution in [1.82, 2.24) is 4.90 Å². The first-order chi connectivity index (χ1) is 8.31. The Bertz CT molecular complexity index is 368. The van der Waals surface area contributed by atoms with Gasteiger partial charge in [-0.25, -0.2) is 0 Å². The quantitative estimate of drug-likeness (QED) is 0.846. The molecule has 1 aromatic rings. The monoisotopic (exact) mass is 230 g/mol. The largest absolute Gasteiger partial charge is 0.326 e. The lowest BCUT2D eigenvalue weighted by Gasteiger charge is -2.38. The molecule has 1 heterocycles. The molecule has 92 valence electrons. The van der Waals surface area contributed by atoms with E-state index in [-0.39, 0.29) is 0 Å². The minimum atomic E-state index is 0.329. The average molecular weight is 230 g/mol. The van der Waals surface area contributed by atoms with Crippen LogP contribution in [-0.4, -0.2) is 23.0 Å². The summed E-state index contributed by atoms with van der Waals surface area (Å²) in [5.41, 5.74) is 8.13. The summed E-state index contributed by atoms with van der Waals surface area (Å²) in [6.45, 7) is 2.25. The number of rotatable bonds is 2. The maximum Gasteiger partial charge on any atom is 0.0364 e. The second-order valence-corrected chi connectivity index (χ2v) is 5.61. The van der Waals surface area contributed by atoms with E-state index in [0.717, 1.165) is 6.54 Å². The third-order valence-corrected chi connectivity index (χ3v) is 4.72. The molecule has 2 nitrogen and oxygen atoms in total. The molecule has 1 saturated carbocycles. The van der Waals surface area contributed by atoms with Crippen LogP contribution >= 0.6 is 0 Å². The van der Waals surface area contributed by atoms with Gasteiger partial charge < -0.3 is 5.73 Å². The second kappa shape index (κ2) is 4.43. The highest BCUT2D eigenvalue weighted by Crippen LogP contribution is 2.43. The Balaban J connectivity index is 1.79. The van der Waals surface area contributed by atoms with E-state index in [0.29, 0.717) is 11.6 Å². The maximum atomic E-state index is 6.38. The molecule has 0 bridgehead atoms. The van der Waals surface area contributed by atoms with Crippen LogP contribution in [0.2, 0.25) is 0 Å². The lowest BCUT2D eigenvalue weighted by atomic mass is 9.89. The number of hydrogen-bond donors (Lipinski definition) is 1. The molecule has 0 aromatic heterocycles. The Morgan fingerprint density at radius 3 is 2.59 bits per heavy atom. The van der Waals surface area contributed by atoms with Crippen LogP contribution in [0.25, 0.3) is 0 Å². The summed E-state index contributed by atoms with van der Waals surface area (Å²) in [7, 11) is 0. The summed E-state index contributed by atoms with van der Waals surface area (Å²) in [6.07, 6.45) is 6.51. The van der Waals surface area contributed by atoms with Crippen molar-refractivity contribution in [3.05, 3.63) is 35.9 Å². The molecule has 2 heteroatoms. The summed E-state index contributed by atoms with van der Waals surface area (Å²) < 4.78 is 0. The van der Waals surface area contributed by atoms with Crippen molar-refractivity contribution < 1.29 is 0 Å². The van der Waals surface area contributed by atoms with Crippen LogP contribution < -0.4 is 5.73 Å². The predicted molar refractivity (Wildman–Crippen MR) is 70.6 cm³/mol. The summed E-state index contributed by atoms with van der Waals surface area (Å²) in [6, 6.07) is 11.2. The van der Waals surface area contributed by atoms with Crippen LogP contribution in [0.4, 0.5) is 0 Å². The Hall–Kier alpha value is -0.860. The zero-order valence-corrected chi connectivity index (χ0v) is 10.4. The molecule has 1 atom stereocenters. The summed E-state index contributed by atoms with van der Waals surface area (Å²) in [5, 5.41) is 0. The van der Waals surface area contributed by atoms with Gasteiger partial charge in [0.15, 0.2) is 0 Å². The lowest BCUT2D eigenvalue weighted by molar-refractivity contribution is 0.122. The van der Waals surface area contributed by atoms with Gasteiger partial charge in [-0.3, -0.25) is 4.90 Å². The van der Waals surface area contributed by atoms with Crippen LogP contribution in [0.3, 0.4) is 0 Å². The maximum absolute atomic E-state index is 6.38. The van der Waals surface area contributed by atoms with Crippen LogP contribution in [-0.2, 0) is 6.54 Å². The van der Waals surface area contributed by atoms with E-state index < -0.39 is 0 Å². The molecule has 3 rings (SSSR count). The zero-order valence-electron chi connectivity index (χ0n) is 10.4. The molecule has 0 radical (unpaired) electrons. The van der Waals surface area contributed by atoms with Crippen molar-refractivity contribution in [3.8, 4) is 0 Å². The van der Waals surface area contributed by atoms with Crippen LogP contribution in [0.1, 0.15) is 37.7 Å². The van der Waals surface area contributed by atoms with Gasteiger partial charge in [0, 0.05) is 24.7 Å². The SMILES string of the molecule is NC1CCN(Cc2ccccc2)C12CCCC2. The molecule has 1 aliphatic heterocycles. The molecule has 1 saturated heterocycles. The topological polar surface area (TPSA) is 29.3 Å². The van der Waals surface area contributed by atoms with Gasteiger partial charge in [0.25, 0.3) is 0 Å². The molecule has 2 N–H and O–H groups in total. The van der Waals surface area contributed by atoms with Gasteiger partial charge in [0.1, 0.15) is 0 Å². The first-order valence-corrected chi connectivity index (χ1v) is 6.86. The molecule has 1 spiro atoms. The number of benzene rings is 1. The number of likely N-dealkylation sites (tertiary alicyclic amines) is 1. The van der Waals surface area contributed by atoms with E-state index >= 15 is 0 Å². The van der Waals surface area contributed by atoms with Crippen molar-refractivity contribution in [1.29, 1.82) is 0 Å². The highest BCUT2D eigenvalue weighted by atomic mass is 15.2. The van der Waals surface area contributed by atoms with Gasteiger partial charge in [-0.15, -0.1) is 0 Å². The normalized spacial score (nSPS) is 27.9. The third-order valence-electron chi connectivity index (χ3n) is 4.72. The fourth-order valence-corrected chi connectivity index (χ4v) is 3.74. The number of nitrogens with zero attached hydrogens (tertiary/aromatic N) is 1. The first-order valence-electron chi connectivity index (χ1n) is 6.86. The molecule has 2 aliphatic rings. The van der Waals surface area contributed by atoms with E-state index in [1.807, 2.05) is 0 Å². The van der Waals surface area contributed by atoms with Crippen LogP contribution in [0.5, 0.6) is 0 Å². The van der Waals surface area contributed by atoms with Gasteiger partial charge >= 0.3 is 0 Å². The summed E-state index contributed by atoms with van der Waals surface area (Å²) in [4.78, 5) is 2.65. The standard InChI is InChI=1S/C15H22N2/c16-14-8-11-17(15(14)9-4-5-10-15)12-13-6-2-1-3-7-13/h1-3,6-7,14H,4-5,8-12,16H2. The van der Waals surface area contributed by atoms with Gasteiger partial charge in [-0.1, -0.05) is 43.2 Å². The number of nitrogens with two attached hydrogens (primary N) is 1. The minimum Gasteiger partial charge on any atom is -0.326 e. The smallest absolute Gasteiger partial charge is 0.0364 e. The van der Waals surface area contributed by atoms with E-state index in [9.17, 15) is 0 Å². The van der Waals surface area contributed by atoms with Gasteiger partial charge in [-0.05, 0) is 24.8 Å². The van der Waals surface area contributed by atoms with Gasteiger partial charge in [0.05, 0.1) is 0 Å². The average Bonchev–Trinajstić information content (AvgIpc) is 2.95. The number of hydrogen-bond acceptors (Lipinski definition) is 2. The van der Waals surface area contributed by atoms with Crippen molar-refractivity contribution in [2.24, 2.45) is 5.73 Å². The van der Waals surface area contributed by atoms with Gasteiger partial charge in [-0.2, -0.15) is 0 Å². The van der Waals surface area contributed by atoms with E-state index in [1.165, 1.54) is 44.2 Å². The molecule has 1 aromatic carbocycles. The highest BCUT2D eigenvalue weighted by molar-refractivity contribution is 5.17. The lowest BCUT2D eigenvalue weighted by Crippen LogP contribution is -2.51. The molecular weight excluding hydrogens is 208 g/mol. The zero-order chi connectivity index (χ0) is 11.7. The van der Waals surface area contributed by atoms with E-state index in [4.69, 9.17) is 5.73 Å². The van der Waals surface area contributed by atoms with Gasteiger partial charge in [0.2, 0.25) is 0 Å². The molecule has 2 fully saturated rings.